The summed E-state index contributed by atoms with van der Waals surface area (Å²) in [4.78, 5) is 0. The maximum atomic E-state index is 13.2. The maximum Gasteiger partial charge on any atom is 0.126 e. The highest BCUT2D eigenvalue weighted by Gasteiger charge is 2.14. The van der Waals surface area contributed by atoms with E-state index < -0.39 is 17.7 Å². The Morgan fingerprint density at radius 3 is 2.28 bits per heavy atom. The Kier molecular flexibility index (Phi) is 4.00. The summed E-state index contributed by atoms with van der Waals surface area (Å²) >= 11 is 9.23. The van der Waals surface area contributed by atoms with Crippen molar-refractivity contribution < 1.29 is 8.78 Å². The van der Waals surface area contributed by atoms with Crippen molar-refractivity contribution in [1.29, 1.82) is 0 Å². The molecule has 1 unspecified atom stereocenters. The van der Waals surface area contributed by atoms with Crippen molar-refractivity contribution in [3.8, 4) is 0 Å². The summed E-state index contributed by atoms with van der Waals surface area (Å²) in [7, 11) is 0. The molecule has 0 heterocycles. The van der Waals surface area contributed by atoms with Crippen LogP contribution in [0.15, 0.2) is 40.9 Å². The van der Waals surface area contributed by atoms with Crippen LogP contribution in [-0.2, 0) is 0 Å². The van der Waals surface area contributed by atoms with Crippen LogP contribution in [0.2, 0.25) is 5.02 Å². The van der Waals surface area contributed by atoms with Crippen LogP contribution in [0.5, 0.6) is 0 Å². The molecule has 0 aliphatic carbocycles. The van der Waals surface area contributed by atoms with Crippen molar-refractivity contribution in [2.75, 3.05) is 0 Å². The minimum absolute atomic E-state index is 0.357. The molecule has 1 nitrogen and oxygen atoms in total. The zero-order chi connectivity index (χ0) is 13.3. The number of benzene rings is 2. The molecule has 0 bridgehead atoms. The first-order valence-electron chi connectivity index (χ1n) is 5.14. The maximum absolute atomic E-state index is 13.2. The Labute approximate surface area is 117 Å². The topological polar surface area (TPSA) is 26.0 Å². The van der Waals surface area contributed by atoms with Crippen LogP contribution >= 0.6 is 27.5 Å². The number of halogens is 4. The summed E-state index contributed by atoms with van der Waals surface area (Å²) in [5.74, 6) is -1.31. The molecule has 0 saturated carbocycles. The quantitative estimate of drug-likeness (QED) is 0.865. The van der Waals surface area contributed by atoms with E-state index in [2.05, 4.69) is 15.9 Å². The molecule has 18 heavy (non-hydrogen) atoms. The van der Waals surface area contributed by atoms with Gasteiger partial charge in [0, 0.05) is 15.6 Å². The summed E-state index contributed by atoms with van der Waals surface area (Å²) in [6, 6.07) is 7.69. The van der Waals surface area contributed by atoms with Gasteiger partial charge in [0.2, 0.25) is 0 Å². The smallest absolute Gasteiger partial charge is 0.126 e. The van der Waals surface area contributed by atoms with Gasteiger partial charge in [0.1, 0.15) is 11.6 Å². The predicted molar refractivity (Wildman–Crippen MR) is 71.5 cm³/mol. The monoisotopic (exact) mass is 331 g/mol. The standard InChI is InChI=1S/C13H9BrClF2N/c14-12-2-1-8(15)5-11(12)13(18)7-3-9(16)6-10(17)4-7/h1-6,13H,18H2. The third-order valence-electron chi connectivity index (χ3n) is 2.54. The summed E-state index contributed by atoms with van der Waals surface area (Å²) in [6.07, 6.45) is 0. The molecule has 0 aromatic heterocycles. The molecule has 0 saturated heterocycles. The van der Waals surface area contributed by atoms with Crippen molar-refractivity contribution in [3.63, 3.8) is 0 Å². The third-order valence-corrected chi connectivity index (χ3v) is 3.49. The fraction of sp³-hybridized carbons (Fsp3) is 0.0769. The van der Waals surface area contributed by atoms with E-state index in [-0.39, 0.29) is 0 Å². The second kappa shape index (κ2) is 5.34. The van der Waals surface area contributed by atoms with Gasteiger partial charge >= 0.3 is 0 Å². The van der Waals surface area contributed by atoms with Crippen LogP contribution in [-0.4, -0.2) is 0 Å². The van der Waals surface area contributed by atoms with E-state index in [1.807, 2.05) is 0 Å². The van der Waals surface area contributed by atoms with E-state index in [0.717, 1.165) is 10.5 Å². The van der Waals surface area contributed by atoms with Gasteiger partial charge in [-0.25, -0.2) is 8.78 Å². The minimum Gasteiger partial charge on any atom is -0.320 e. The van der Waals surface area contributed by atoms with E-state index in [1.54, 1.807) is 18.2 Å². The van der Waals surface area contributed by atoms with Crippen LogP contribution < -0.4 is 5.73 Å². The number of nitrogens with two attached hydrogens (primary N) is 1. The number of hydrogen-bond donors (Lipinski definition) is 1. The lowest BCUT2D eigenvalue weighted by Gasteiger charge is -2.15. The molecular formula is C13H9BrClF2N. The Hall–Kier alpha value is -0.970. The lowest BCUT2D eigenvalue weighted by molar-refractivity contribution is 0.577. The van der Waals surface area contributed by atoms with Crippen LogP contribution in [0.1, 0.15) is 17.2 Å². The lowest BCUT2D eigenvalue weighted by Crippen LogP contribution is -2.13. The fourth-order valence-corrected chi connectivity index (χ4v) is 2.36. The second-order valence-corrected chi connectivity index (χ2v) is 5.14. The highest BCUT2D eigenvalue weighted by molar-refractivity contribution is 9.10. The molecule has 0 radical (unpaired) electrons. The number of hydrogen-bond acceptors (Lipinski definition) is 1. The van der Waals surface area contributed by atoms with Gasteiger partial charge in [0.05, 0.1) is 6.04 Å². The fourth-order valence-electron chi connectivity index (χ4n) is 1.69. The van der Waals surface area contributed by atoms with Crippen LogP contribution in [0, 0.1) is 11.6 Å². The Morgan fingerprint density at radius 2 is 1.67 bits per heavy atom. The average Bonchev–Trinajstić information content (AvgIpc) is 2.30. The third kappa shape index (κ3) is 2.88. The molecule has 0 aliphatic rings. The van der Waals surface area contributed by atoms with Crippen molar-refractivity contribution in [1.82, 2.24) is 0 Å². The van der Waals surface area contributed by atoms with Gasteiger partial charge in [-0.15, -0.1) is 0 Å². The van der Waals surface area contributed by atoms with Crippen LogP contribution in [0.4, 0.5) is 8.78 Å². The van der Waals surface area contributed by atoms with Gasteiger partial charge in [-0.2, -0.15) is 0 Å². The predicted octanol–water partition coefficient (Wildman–Crippen LogP) is 4.43. The highest BCUT2D eigenvalue weighted by Crippen LogP contribution is 2.29. The van der Waals surface area contributed by atoms with E-state index in [0.29, 0.717) is 16.1 Å². The SMILES string of the molecule is NC(c1cc(F)cc(F)c1)c1cc(Cl)ccc1Br. The zero-order valence-electron chi connectivity index (χ0n) is 9.13. The van der Waals surface area contributed by atoms with Crippen LogP contribution in [0.3, 0.4) is 0 Å². The first-order chi connectivity index (χ1) is 8.47. The van der Waals surface area contributed by atoms with Gasteiger partial charge in [-0.1, -0.05) is 27.5 Å². The summed E-state index contributed by atoms with van der Waals surface area (Å²) in [5, 5.41) is 0.514. The Balaban J connectivity index is 2.47. The molecule has 0 spiro atoms. The van der Waals surface area contributed by atoms with Crippen LogP contribution in [0.25, 0.3) is 0 Å². The van der Waals surface area contributed by atoms with Gasteiger partial charge < -0.3 is 5.73 Å². The number of rotatable bonds is 2. The summed E-state index contributed by atoms with van der Waals surface area (Å²) < 4.78 is 27.0. The molecule has 0 amide bonds. The van der Waals surface area contributed by atoms with Crippen molar-refractivity contribution in [3.05, 3.63) is 68.7 Å². The normalized spacial score (nSPS) is 12.5. The van der Waals surface area contributed by atoms with E-state index in [1.165, 1.54) is 12.1 Å². The van der Waals surface area contributed by atoms with Gasteiger partial charge in [0.15, 0.2) is 0 Å². The summed E-state index contributed by atoms with van der Waals surface area (Å²) in [6.45, 7) is 0. The summed E-state index contributed by atoms with van der Waals surface area (Å²) in [5.41, 5.74) is 7.03. The molecule has 2 N–H and O–H groups in total. The Morgan fingerprint density at radius 1 is 1.06 bits per heavy atom. The van der Waals surface area contributed by atoms with Crippen molar-refractivity contribution in [2.45, 2.75) is 6.04 Å². The molecule has 5 heteroatoms. The molecule has 0 fully saturated rings. The molecule has 2 aromatic rings. The average molecular weight is 333 g/mol. The molecule has 1 atom stereocenters. The molecule has 2 rings (SSSR count). The molecule has 2 aromatic carbocycles. The molecule has 94 valence electrons. The van der Waals surface area contributed by atoms with Gasteiger partial charge in [-0.3, -0.25) is 0 Å². The Bertz CT molecular complexity index is 569. The van der Waals surface area contributed by atoms with Crippen molar-refractivity contribution >= 4 is 27.5 Å². The van der Waals surface area contributed by atoms with Gasteiger partial charge in [0.25, 0.3) is 0 Å². The van der Waals surface area contributed by atoms with E-state index in [9.17, 15) is 8.78 Å². The largest absolute Gasteiger partial charge is 0.320 e. The minimum atomic E-state index is -0.654. The molecule has 0 aliphatic heterocycles. The van der Waals surface area contributed by atoms with Crippen molar-refractivity contribution in [2.24, 2.45) is 5.73 Å². The first-order valence-corrected chi connectivity index (χ1v) is 6.31. The van der Waals surface area contributed by atoms with E-state index in [4.69, 9.17) is 17.3 Å². The molecular weight excluding hydrogens is 324 g/mol. The zero-order valence-corrected chi connectivity index (χ0v) is 11.5. The lowest BCUT2D eigenvalue weighted by atomic mass is 9.99. The van der Waals surface area contributed by atoms with E-state index >= 15 is 0 Å². The second-order valence-electron chi connectivity index (χ2n) is 3.85. The first kappa shape index (κ1) is 13.5. The highest BCUT2D eigenvalue weighted by atomic mass is 79.9. The van der Waals surface area contributed by atoms with Gasteiger partial charge in [-0.05, 0) is 41.5 Å².